The first-order valence-electron chi connectivity index (χ1n) is 5.47. The SMILES string of the molecule is COC(=O)C(C)NC(=O)c1ccc(SC(F)(F)F)cc1. The standard InChI is InChI=1S/C12H12F3NO3S/c1-7(11(18)19-2)16-10(17)8-3-5-9(6-4-8)20-12(13,14)15/h3-7H,1-2H3,(H,16,17). The number of halogens is 3. The quantitative estimate of drug-likeness (QED) is 0.686. The van der Waals surface area contributed by atoms with Crippen LogP contribution in [0.15, 0.2) is 29.2 Å². The number of rotatable bonds is 4. The summed E-state index contributed by atoms with van der Waals surface area (Å²) in [7, 11) is 1.19. The Bertz CT molecular complexity index is 488. The van der Waals surface area contributed by atoms with Gasteiger partial charge in [-0.1, -0.05) is 0 Å². The summed E-state index contributed by atoms with van der Waals surface area (Å²) in [5, 5.41) is 2.37. The number of methoxy groups -OCH3 is 1. The average Bonchev–Trinajstić information content (AvgIpc) is 2.36. The number of carbonyl (C=O) groups excluding carboxylic acids is 2. The highest BCUT2D eigenvalue weighted by atomic mass is 32.2. The number of hydrogen-bond acceptors (Lipinski definition) is 4. The second-order valence-corrected chi connectivity index (χ2v) is 4.93. The van der Waals surface area contributed by atoms with Crippen LogP contribution < -0.4 is 5.32 Å². The largest absolute Gasteiger partial charge is 0.467 e. The van der Waals surface area contributed by atoms with E-state index in [1.165, 1.54) is 38.3 Å². The molecule has 1 aromatic carbocycles. The van der Waals surface area contributed by atoms with Gasteiger partial charge >= 0.3 is 11.5 Å². The van der Waals surface area contributed by atoms with E-state index < -0.39 is 23.4 Å². The van der Waals surface area contributed by atoms with Crippen molar-refractivity contribution in [3.8, 4) is 0 Å². The highest BCUT2D eigenvalue weighted by Gasteiger charge is 2.29. The van der Waals surface area contributed by atoms with Gasteiger partial charge in [0.25, 0.3) is 5.91 Å². The predicted octanol–water partition coefficient (Wildman–Crippen LogP) is 2.59. The first kappa shape index (κ1) is 16.4. The third-order valence-corrected chi connectivity index (χ3v) is 2.99. The van der Waals surface area contributed by atoms with E-state index >= 15 is 0 Å². The molecule has 110 valence electrons. The number of thioether (sulfide) groups is 1. The van der Waals surface area contributed by atoms with E-state index in [9.17, 15) is 22.8 Å². The molecule has 0 aliphatic rings. The van der Waals surface area contributed by atoms with Crippen LogP contribution in [0.1, 0.15) is 17.3 Å². The predicted molar refractivity (Wildman–Crippen MR) is 67.3 cm³/mol. The van der Waals surface area contributed by atoms with Gasteiger partial charge < -0.3 is 10.1 Å². The van der Waals surface area contributed by atoms with Gasteiger partial charge in [0.1, 0.15) is 6.04 Å². The van der Waals surface area contributed by atoms with Crippen molar-refractivity contribution in [1.29, 1.82) is 0 Å². The minimum atomic E-state index is -4.37. The molecule has 1 rings (SSSR count). The maximum atomic E-state index is 12.1. The molecule has 0 aliphatic heterocycles. The van der Waals surface area contributed by atoms with Gasteiger partial charge in [-0.15, -0.1) is 0 Å². The summed E-state index contributed by atoms with van der Waals surface area (Å²) in [5.41, 5.74) is -4.21. The van der Waals surface area contributed by atoms with E-state index in [4.69, 9.17) is 0 Å². The molecule has 8 heteroatoms. The summed E-state index contributed by atoms with van der Waals surface area (Å²) in [5.74, 6) is -1.17. The molecule has 0 radical (unpaired) electrons. The molecular formula is C12H12F3NO3S. The molecule has 0 heterocycles. The van der Waals surface area contributed by atoms with Crippen molar-refractivity contribution < 1.29 is 27.5 Å². The van der Waals surface area contributed by atoms with Crippen molar-refractivity contribution >= 4 is 23.6 Å². The van der Waals surface area contributed by atoms with E-state index in [0.717, 1.165) is 0 Å². The molecule has 0 spiro atoms. The summed E-state index contributed by atoms with van der Waals surface area (Å²) in [4.78, 5) is 22.8. The second-order valence-electron chi connectivity index (χ2n) is 3.79. The zero-order valence-corrected chi connectivity index (χ0v) is 11.5. The molecule has 0 aliphatic carbocycles. The van der Waals surface area contributed by atoms with Crippen molar-refractivity contribution in [2.75, 3.05) is 7.11 Å². The minimum Gasteiger partial charge on any atom is -0.467 e. The summed E-state index contributed by atoms with van der Waals surface area (Å²) >= 11 is -0.262. The van der Waals surface area contributed by atoms with Crippen LogP contribution in [0.2, 0.25) is 0 Å². The van der Waals surface area contributed by atoms with Crippen LogP contribution in [0.25, 0.3) is 0 Å². The zero-order chi connectivity index (χ0) is 15.3. The number of ether oxygens (including phenoxy) is 1. The molecule has 20 heavy (non-hydrogen) atoms. The normalized spacial score (nSPS) is 12.7. The zero-order valence-electron chi connectivity index (χ0n) is 10.7. The van der Waals surface area contributed by atoms with Gasteiger partial charge in [-0.3, -0.25) is 4.79 Å². The lowest BCUT2D eigenvalue weighted by Crippen LogP contribution is -2.39. The van der Waals surface area contributed by atoms with Gasteiger partial charge in [-0.25, -0.2) is 4.79 Å². The lowest BCUT2D eigenvalue weighted by Gasteiger charge is -2.11. The smallest absolute Gasteiger partial charge is 0.446 e. The van der Waals surface area contributed by atoms with Crippen molar-refractivity contribution in [1.82, 2.24) is 5.32 Å². The molecule has 4 nitrogen and oxygen atoms in total. The molecule has 1 aromatic rings. The Balaban J connectivity index is 2.69. The first-order chi connectivity index (χ1) is 9.23. The van der Waals surface area contributed by atoms with Crippen molar-refractivity contribution in [2.24, 2.45) is 0 Å². The van der Waals surface area contributed by atoms with Gasteiger partial charge in [0, 0.05) is 10.5 Å². The van der Waals surface area contributed by atoms with Crippen LogP contribution in [0, 0.1) is 0 Å². The Hall–Kier alpha value is -1.70. The Morgan fingerprint density at radius 2 is 1.80 bits per heavy atom. The number of alkyl halides is 3. The van der Waals surface area contributed by atoms with Crippen molar-refractivity contribution in [2.45, 2.75) is 23.4 Å². The fourth-order valence-corrected chi connectivity index (χ4v) is 1.86. The van der Waals surface area contributed by atoms with Gasteiger partial charge in [0.15, 0.2) is 0 Å². The molecule has 0 saturated carbocycles. The fourth-order valence-electron chi connectivity index (χ4n) is 1.32. The van der Waals surface area contributed by atoms with E-state index in [1.54, 1.807) is 0 Å². The molecule has 1 unspecified atom stereocenters. The second kappa shape index (κ2) is 6.65. The maximum absolute atomic E-state index is 12.1. The van der Waals surface area contributed by atoms with Gasteiger partial charge in [0.2, 0.25) is 0 Å². The maximum Gasteiger partial charge on any atom is 0.446 e. The Morgan fingerprint density at radius 3 is 2.25 bits per heavy atom. The fraction of sp³-hybridized carbons (Fsp3) is 0.333. The third kappa shape index (κ3) is 5.12. The molecule has 0 aromatic heterocycles. The number of hydrogen-bond donors (Lipinski definition) is 1. The third-order valence-electron chi connectivity index (χ3n) is 2.25. The van der Waals surface area contributed by atoms with Crippen LogP contribution in [-0.2, 0) is 9.53 Å². The summed E-state index contributed by atoms with van der Waals surface area (Å²) in [6, 6.07) is 4.06. The summed E-state index contributed by atoms with van der Waals surface area (Å²) in [6.07, 6.45) is 0. The molecular weight excluding hydrogens is 295 g/mol. The molecule has 1 N–H and O–H groups in total. The van der Waals surface area contributed by atoms with E-state index in [1.807, 2.05) is 0 Å². The summed E-state index contributed by atoms with van der Waals surface area (Å²) < 4.78 is 40.8. The van der Waals surface area contributed by atoms with Gasteiger partial charge in [-0.05, 0) is 43.0 Å². The number of carbonyl (C=O) groups is 2. The van der Waals surface area contributed by atoms with Gasteiger partial charge in [0.05, 0.1) is 7.11 Å². The van der Waals surface area contributed by atoms with Gasteiger partial charge in [-0.2, -0.15) is 13.2 Å². The van der Waals surface area contributed by atoms with Crippen LogP contribution in [-0.4, -0.2) is 30.5 Å². The Morgan fingerprint density at radius 1 is 1.25 bits per heavy atom. The topological polar surface area (TPSA) is 55.4 Å². The van der Waals surface area contributed by atoms with E-state index in [2.05, 4.69) is 10.1 Å². The van der Waals surface area contributed by atoms with Crippen LogP contribution >= 0.6 is 11.8 Å². The lowest BCUT2D eigenvalue weighted by molar-refractivity contribution is -0.142. The average molecular weight is 307 g/mol. The Labute approximate surface area is 117 Å². The Kier molecular flexibility index (Phi) is 5.43. The molecule has 0 bridgehead atoms. The molecule has 1 amide bonds. The monoisotopic (exact) mass is 307 g/mol. The lowest BCUT2D eigenvalue weighted by atomic mass is 10.2. The molecule has 0 saturated heterocycles. The first-order valence-corrected chi connectivity index (χ1v) is 6.29. The van der Waals surface area contributed by atoms with Crippen molar-refractivity contribution in [3.05, 3.63) is 29.8 Å². The van der Waals surface area contributed by atoms with E-state index in [0.29, 0.717) is 0 Å². The van der Waals surface area contributed by atoms with Crippen molar-refractivity contribution in [3.63, 3.8) is 0 Å². The van der Waals surface area contributed by atoms with Crippen LogP contribution in [0.5, 0.6) is 0 Å². The summed E-state index contributed by atoms with van der Waals surface area (Å²) in [6.45, 7) is 1.44. The molecule has 1 atom stereocenters. The highest BCUT2D eigenvalue weighted by Crippen LogP contribution is 2.36. The molecule has 0 fully saturated rings. The van der Waals surface area contributed by atoms with E-state index in [-0.39, 0.29) is 22.2 Å². The number of amides is 1. The number of esters is 1. The minimum absolute atomic E-state index is 0.0185. The van der Waals surface area contributed by atoms with Crippen LogP contribution in [0.3, 0.4) is 0 Å². The van der Waals surface area contributed by atoms with Crippen LogP contribution in [0.4, 0.5) is 13.2 Å². The number of benzene rings is 1. The highest BCUT2D eigenvalue weighted by molar-refractivity contribution is 8.00. The number of nitrogens with one attached hydrogen (secondary N) is 1.